The van der Waals surface area contributed by atoms with E-state index in [-0.39, 0.29) is 34.9 Å². The summed E-state index contributed by atoms with van der Waals surface area (Å²) < 4.78 is 13.0. The first-order chi connectivity index (χ1) is 15.0. The normalized spacial score (nSPS) is 59.2. The van der Waals surface area contributed by atoms with Crippen molar-refractivity contribution in [3.05, 3.63) is 11.6 Å². The van der Waals surface area contributed by atoms with Gasteiger partial charge < -0.3 is 19.7 Å². The zero-order valence-electron chi connectivity index (χ0n) is 20.1. The van der Waals surface area contributed by atoms with Gasteiger partial charge in [0.25, 0.3) is 0 Å². The molecule has 2 aliphatic heterocycles. The minimum absolute atomic E-state index is 0.0506. The van der Waals surface area contributed by atoms with Gasteiger partial charge in [0.05, 0.1) is 24.4 Å². The third kappa shape index (κ3) is 2.74. The molecule has 6 aliphatic rings. The fourth-order valence-electron chi connectivity index (χ4n) is 9.47. The first kappa shape index (κ1) is 21.8. The Bertz CT molecular complexity index is 852. The Morgan fingerprint density at radius 2 is 1.94 bits per heavy atom. The van der Waals surface area contributed by atoms with Crippen LogP contribution in [0.1, 0.15) is 79.1 Å². The summed E-state index contributed by atoms with van der Waals surface area (Å²) in [4.78, 5) is 13.9. The fourth-order valence-corrected chi connectivity index (χ4v) is 9.47. The van der Waals surface area contributed by atoms with Crippen molar-refractivity contribution in [2.75, 3.05) is 6.61 Å². The zero-order chi connectivity index (χ0) is 22.7. The van der Waals surface area contributed by atoms with E-state index in [0.717, 1.165) is 38.5 Å². The van der Waals surface area contributed by atoms with E-state index in [0.29, 0.717) is 43.0 Å². The van der Waals surface area contributed by atoms with Gasteiger partial charge in [0.15, 0.2) is 5.79 Å². The van der Waals surface area contributed by atoms with Crippen LogP contribution in [0.4, 0.5) is 0 Å². The average molecular weight is 445 g/mol. The lowest BCUT2D eigenvalue weighted by molar-refractivity contribution is -0.293. The molecule has 6 rings (SSSR count). The van der Waals surface area contributed by atoms with Gasteiger partial charge in [-0.15, -0.1) is 0 Å². The highest BCUT2D eigenvalue weighted by atomic mass is 16.7. The molecule has 11 atom stereocenters. The number of rotatable bonds is 0. The van der Waals surface area contributed by atoms with Crippen molar-refractivity contribution in [1.29, 1.82) is 0 Å². The second kappa shape index (κ2) is 6.68. The molecule has 5 heteroatoms. The van der Waals surface area contributed by atoms with Gasteiger partial charge in [-0.3, -0.25) is 4.79 Å². The highest BCUT2D eigenvalue weighted by Gasteiger charge is 2.70. The lowest BCUT2D eigenvalue weighted by Gasteiger charge is -2.57. The van der Waals surface area contributed by atoms with Crippen molar-refractivity contribution in [3.63, 3.8) is 0 Å². The summed E-state index contributed by atoms with van der Waals surface area (Å²) in [6.45, 7) is 9.08. The lowest BCUT2D eigenvalue weighted by Crippen LogP contribution is -2.56. The predicted molar refractivity (Wildman–Crippen MR) is 120 cm³/mol. The first-order valence-electron chi connectivity index (χ1n) is 12.9. The van der Waals surface area contributed by atoms with Crippen molar-refractivity contribution in [1.82, 2.24) is 0 Å². The number of aliphatic hydroxyl groups excluding tert-OH is 1. The number of aliphatic hydroxyl groups is 2. The summed E-state index contributed by atoms with van der Waals surface area (Å²) >= 11 is 0. The van der Waals surface area contributed by atoms with Gasteiger partial charge in [0.2, 0.25) is 0 Å². The summed E-state index contributed by atoms with van der Waals surface area (Å²) in [6, 6.07) is 0. The molecule has 32 heavy (non-hydrogen) atoms. The van der Waals surface area contributed by atoms with E-state index in [2.05, 4.69) is 26.8 Å². The van der Waals surface area contributed by atoms with Gasteiger partial charge >= 0.3 is 0 Å². The number of Topliss-reactive ketones (excluding diaryl/α,β-unsaturated/α-hetero) is 1. The Morgan fingerprint density at radius 3 is 2.66 bits per heavy atom. The summed E-state index contributed by atoms with van der Waals surface area (Å²) in [5, 5.41) is 20.6. The molecule has 4 aliphatic carbocycles. The topological polar surface area (TPSA) is 76.0 Å². The van der Waals surface area contributed by atoms with Crippen molar-refractivity contribution >= 4 is 5.78 Å². The zero-order valence-corrected chi connectivity index (χ0v) is 20.1. The quantitative estimate of drug-likeness (QED) is 0.552. The minimum atomic E-state index is -0.776. The molecule has 178 valence electrons. The van der Waals surface area contributed by atoms with E-state index in [4.69, 9.17) is 9.47 Å². The average Bonchev–Trinajstić information content (AvgIpc) is 3.15. The van der Waals surface area contributed by atoms with Crippen LogP contribution < -0.4 is 0 Å². The second-order valence-electron chi connectivity index (χ2n) is 13.0. The van der Waals surface area contributed by atoms with Gasteiger partial charge in [-0.25, -0.2) is 0 Å². The third-order valence-corrected chi connectivity index (χ3v) is 11.1. The highest BCUT2D eigenvalue weighted by molar-refractivity contribution is 5.85. The third-order valence-electron chi connectivity index (χ3n) is 11.1. The number of carbonyl (C=O) groups is 1. The van der Waals surface area contributed by atoms with Crippen LogP contribution in [0.2, 0.25) is 0 Å². The maximum atomic E-state index is 13.9. The SMILES string of the molecule is C[C@H]1[C@H]2[C@@H](C[C@H]3[C@@H]4CC=C5C[C@@H](O)CC[C@]5(C)[C@H]4C(=O)C[C@]23C)O[C@]12CC[C@](C)(O)CO2. The maximum Gasteiger partial charge on any atom is 0.171 e. The number of ether oxygens (including phenoxy) is 2. The molecule has 0 amide bonds. The monoisotopic (exact) mass is 444 g/mol. The molecular formula is C27H40O5. The molecule has 0 bridgehead atoms. The molecular weight excluding hydrogens is 404 g/mol. The standard InChI is InChI=1S/C27H40O5/c1-15-22-21(32-27(15)10-9-24(2,30)14-31-27)12-19-18-6-5-16-11-17(28)7-8-25(16,3)23(18)20(29)13-26(19,22)4/h5,15,17-19,21-23,28,30H,6-14H2,1-4H3/t15-,17-,18-,19-,21+,22-,23+,24-,25-,26-,27+/m0/s1. The number of allylic oxidation sites excluding steroid dienone is 1. The van der Waals surface area contributed by atoms with Crippen LogP contribution in [0.5, 0.6) is 0 Å². The lowest BCUT2D eigenvalue weighted by atomic mass is 9.46. The van der Waals surface area contributed by atoms with E-state index in [1.807, 2.05) is 6.92 Å². The summed E-state index contributed by atoms with van der Waals surface area (Å²) in [5.41, 5.74) is 0.426. The van der Waals surface area contributed by atoms with Gasteiger partial charge in [-0.05, 0) is 74.0 Å². The van der Waals surface area contributed by atoms with Crippen LogP contribution in [0, 0.1) is 40.4 Å². The molecule has 2 heterocycles. The Morgan fingerprint density at radius 1 is 1.16 bits per heavy atom. The molecule has 5 fully saturated rings. The van der Waals surface area contributed by atoms with Gasteiger partial charge in [-0.1, -0.05) is 32.4 Å². The van der Waals surface area contributed by atoms with Crippen LogP contribution in [-0.4, -0.2) is 46.2 Å². The number of carbonyl (C=O) groups excluding carboxylic acids is 1. The number of fused-ring (bicyclic) bond motifs is 7. The largest absolute Gasteiger partial charge is 0.393 e. The van der Waals surface area contributed by atoms with Crippen molar-refractivity contribution < 1.29 is 24.5 Å². The maximum absolute atomic E-state index is 13.9. The van der Waals surface area contributed by atoms with Crippen LogP contribution in [0.25, 0.3) is 0 Å². The van der Waals surface area contributed by atoms with E-state index in [1.165, 1.54) is 5.57 Å². The smallest absolute Gasteiger partial charge is 0.171 e. The molecule has 5 nitrogen and oxygen atoms in total. The molecule has 0 aromatic heterocycles. The molecule has 0 aromatic rings. The van der Waals surface area contributed by atoms with E-state index in [1.54, 1.807) is 0 Å². The molecule has 0 radical (unpaired) electrons. The molecule has 2 N–H and O–H groups in total. The number of hydrogen-bond acceptors (Lipinski definition) is 5. The highest BCUT2D eigenvalue weighted by Crippen LogP contribution is 2.69. The Labute approximate surface area is 191 Å². The molecule has 0 aromatic carbocycles. The second-order valence-corrected chi connectivity index (χ2v) is 13.0. The van der Waals surface area contributed by atoms with Crippen LogP contribution >= 0.6 is 0 Å². The van der Waals surface area contributed by atoms with Crippen molar-refractivity contribution in [2.24, 2.45) is 40.4 Å². The minimum Gasteiger partial charge on any atom is -0.393 e. The van der Waals surface area contributed by atoms with Crippen molar-refractivity contribution in [2.45, 2.75) is 103 Å². The van der Waals surface area contributed by atoms with Gasteiger partial charge in [0, 0.05) is 24.7 Å². The predicted octanol–water partition coefficient (Wildman–Crippen LogP) is 4.01. The fraction of sp³-hybridized carbons (Fsp3) is 0.889. The van der Waals surface area contributed by atoms with Crippen LogP contribution in [0.3, 0.4) is 0 Å². The molecule has 2 saturated heterocycles. The Kier molecular flexibility index (Phi) is 4.54. The van der Waals surface area contributed by atoms with Gasteiger partial charge in [0.1, 0.15) is 5.78 Å². The van der Waals surface area contributed by atoms with Crippen LogP contribution in [0.15, 0.2) is 11.6 Å². The number of hydrogen-bond donors (Lipinski definition) is 2. The van der Waals surface area contributed by atoms with E-state index >= 15 is 0 Å². The van der Waals surface area contributed by atoms with Crippen LogP contribution in [-0.2, 0) is 14.3 Å². The Hall–Kier alpha value is -0.750. The molecule has 0 unspecified atom stereocenters. The summed E-state index contributed by atoms with van der Waals surface area (Å²) in [7, 11) is 0. The van der Waals surface area contributed by atoms with Gasteiger partial charge in [-0.2, -0.15) is 0 Å². The number of ketones is 1. The molecule has 3 saturated carbocycles. The van der Waals surface area contributed by atoms with E-state index < -0.39 is 11.4 Å². The van der Waals surface area contributed by atoms with E-state index in [9.17, 15) is 15.0 Å². The first-order valence-corrected chi connectivity index (χ1v) is 12.9. The van der Waals surface area contributed by atoms with Crippen molar-refractivity contribution in [3.8, 4) is 0 Å². The summed E-state index contributed by atoms with van der Waals surface area (Å²) in [6.07, 6.45) is 8.79. The molecule has 1 spiro atoms. The summed E-state index contributed by atoms with van der Waals surface area (Å²) in [5.74, 6) is 1.36. The Balaban J connectivity index is 1.31.